The van der Waals surface area contributed by atoms with Gasteiger partial charge in [0.15, 0.2) is 0 Å². The molecule has 0 unspecified atom stereocenters. The average molecular weight is 251 g/mol. The summed E-state index contributed by atoms with van der Waals surface area (Å²) >= 11 is 0. The Bertz CT molecular complexity index is 491. The van der Waals surface area contributed by atoms with Crippen molar-refractivity contribution >= 4 is 17.9 Å². The van der Waals surface area contributed by atoms with Crippen LogP contribution in [-0.4, -0.2) is 34.7 Å². The van der Waals surface area contributed by atoms with Crippen molar-refractivity contribution in [3.8, 4) is 0 Å². The van der Waals surface area contributed by atoms with Crippen LogP contribution >= 0.6 is 0 Å². The van der Waals surface area contributed by atoms with E-state index in [9.17, 15) is 14.4 Å². The highest BCUT2D eigenvalue weighted by Crippen LogP contribution is 2.13. The van der Waals surface area contributed by atoms with Gasteiger partial charge in [-0.3, -0.25) is 0 Å². The molecule has 0 bridgehead atoms. The number of esters is 1. The molecule has 0 aliphatic rings. The average Bonchev–Trinajstić information content (AvgIpc) is 2.34. The van der Waals surface area contributed by atoms with Crippen molar-refractivity contribution in [2.24, 2.45) is 0 Å². The molecule has 1 aromatic rings. The van der Waals surface area contributed by atoms with Crippen molar-refractivity contribution in [2.75, 3.05) is 6.61 Å². The monoisotopic (exact) mass is 251 g/mol. The summed E-state index contributed by atoms with van der Waals surface area (Å²) in [6.07, 6.45) is 0.394. The number of carbonyl (C=O) groups is 3. The first-order valence-electron chi connectivity index (χ1n) is 5.04. The van der Waals surface area contributed by atoms with E-state index in [2.05, 4.69) is 6.92 Å². The van der Waals surface area contributed by atoms with Gasteiger partial charge >= 0.3 is 17.9 Å². The zero-order valence-corrected chi connectivity index (χ0v) is 9.38. The summed E-state index contributed by atoms with van der Waals surface area (Å²) in [6.45, 7) is 3.60. The summed E-state index contributed by atoms with van der Waals surface area (Å²) in [5, 5.41) is 17.7. The predicted molar refractivity (Wildman–Crippen MR) is 60.6 cm³/mol. The molecule has 95 valence electrons. The van der Waals surface area contributed by atoms with Gasteiger partial charge in [-0.2, -0.15) is 0 Å². The van der Waals surface area contributed by atoms with Crippen molar-refractivity contribution < 1.29 is 29.3 Å². The van der Waals surface area contributed by atoms with E-state index >= 15 is 0 Å². The number of rotatable bonds is 5. The molecule has 6 nitrogen and oxygen atoms in total. The lowest BCUT2D eigenvalue weighted by Crippen LogP contribution is -2.12. The molecule has 1 radical (unpaired) electrons. The third-order valence-electron chi connectivity index (χ3n) is 2.09. The summed E-state index contributed by atoms with van der Waals surface area (Å²) in [5.41, 5.74) is -0.839. The van der Waals surface area contributed by atoms with E-state index in [0.717, 1.165) is 12.1 Å². The maximum absolute atomic E-state index is 11.5. The summed E-state index contributed by atoms with van der Waals surface area (Å²) < 4.78 is 4.77. The first kappa shape index (κ1) is 13.7. The van der Waals surface area contributed by atoms with Crippen LogP contribution in [-0.2, 0) is 4.74 Å². The molecule has 18 heavy (non-hydrogen) atoms. The van der Waals surface area contributed by atoms with E-state index in [1.54, 1.807) is 0 Å². The van der Waals surface area contributed by atoms with Crippen molar-refractivity contribution in [1.82, 2.24) is 0 Å². The van der Waals surface area contributed by atoms with Gasteiger partial charge in [0.1, 0.15) is 0 Å². The molecular weight excluding hydrogens is 240 g/mol. The molecule has 0 saturated carbocycles. The van der Waals surface area contributed by atoms with E-state index in [-0.39, 0.29) is 17.7 Å². The molecule has 0 spiro atoms. The van der Waals surface area contributed by atoms with Crippen molar-refractivity contribution in [3.63, 3.8) is 0 Å². The van der Waals surface area contributed by atoms with E-state index < -0.39 is 23.5 Å². The molecule has 0 aliphatic heterocycles. The van der Waals surface area contributed by atoms with E-state index in [0.29, 0.717) is 6.42 Å². The van der Waals surface area contributed by atoms with Gasteiger partial charge in [-0.25, -0.2) is 14.4 Å². The minimum atomic E-state index is -1.42. The number of carbonyl (C=O) groups excluding carboxylic acids is 1. The Balaban J connectivity index is 3.11. The number of carboxylic acid groups (broad SMARTS) is 2. The Morgan fingerprint density at radius 1 is 1.11 bits per heavy atom. The van der Waals surface area contributed by atoms with Crippen LogP contribution in [0.5, 0.6) is 0 Å². The van der Waals surface area contributed by atoms with Gasteiger partial charge in [-0.1, -0.05) is 0 Å². The molecule has 0 aromatic heterocycles. The molecule has 1 aromatic carbocycles. The van der Waals surface area contributed by atoms with Crippen molar-refractivity contribution in [3.05, 3.63) is 41.8 Å². The Morgan fingerprint density at radius 3 is 2.22 bits per heavy atom. The number of hydrogen-bond acceptors (Lipinski definition) is 4. The molecule has 6 heteroatoms. The fourth-order valence-corrected chi connectivity index (χ4v) is 1.28. The van der Waals surface area contributed by atoms with Gasteiger partial charge in [0.25, 0.3) is 0 Å². The second kappa shape index (κ2) is 5.81. The summed E-state index contributed by atoms with van der Waals surface area (Å²) in [7, 11) is 0. The van der Waals surface area contributed by atoms with Crippen LogP contribution in [0, 0.1) is 6.92 Å². The normalized spacial score (nSPS) is 9.83. The molecule has 0 aliphatic carbocycles. The molecule has 0 atom stereocenters. The third-order valence-corrected chi connectivity index (χ3v) is 2.09. The highest BCUT2D eigenvalue weighted by atomic mass is 16.5. The Morgan fingerprint density at radius 2 is 1.72 bits per heavy atom. The van der Waals surface area contributed by atoms with Crippen LogP contribution in [0.1, 0.15) is 37.5 Å². The molecule has 0 fully saturated rings. The molecule has 1 rings (SSSR count). The van der Waals surface area contributed by atoms with Gasteiger partial charge in [0, 0.05) is 0 Å². The SMILES string of the molecule is [CH2]CCOC(=O)c1ccc(C(=O)O)c(C(=O)O)c1. The molecule has 0 heterocycles. The van der Waals surface area contributed by atoms with Gasteiger partial charge in [-0.15, -0.1) is 0 Å². The smallest absolute Gasteiger partial charge is 0.338 e. The van der Waals surface area contributed by atoms with Gasteiger partial charge in [0.05, 0.1) is 23.3 Å². The quantitative estimate of drug-likeness (QED) is 0.768. The Labute approximate surface area is 103 Å². The van der Waals surface area contributed by atoms with Gasteiger partial charge < -0.3 is 14.9 Å². The minimum absolute atomic E-state index is 0.00847. The molecule has 2 N–H and O–H groups in total. The maximum Gasteiger partial charge on any atom is 0.338 e. The van der Waals surface area contributed by atoms with Crippen LogP contribution in [0.15, 0.2) is 18.2 Å². The first-order chi connectivity index (χ1) is 8.47. The lowest BCUT2D eigenvalue weighted by Gasteiger charge is -2.06. The lowest BCUT2D eigenvalue weighted by molar-refractivity contribution is 0.0509. The molecule has 0 saturated heterocycles. The van der Waals surface area contributed by atoms with Crippen LogP contribution in [0.3, 0.4) is 0 Å². The highest BCUT2D eigenvalue weighted by Gasteiger charge is 2.18. The Hall–Kier alpha value is -2.37. The zero-order chi connectivity index (χ0) is 13.7. The minimum Gasteiger partial charge on any atom is -0.478 e. The standard InChI is InChI=1S/C12H11O6/c1-2-5-18-12(17)7-3-4-8(10(13)14)9(6-7)11(15)16/h3-4,6H,1-2,5H2,(H,13,14)(H,15,16). The van der Waals surface area contributed by atoms with Gasteiger partial charge in [0.2, 0.25) is 0 Å². The van der Waals surface area contributed by atoms with Crippen molar-refractivity contribution in [2.45, 2.75) is 6.42 Å². The van der Waals surface area contributed by atoms with E-state index in [1.807, 2.05) is 0 Å². The summed E-state index contributed by atoms with van der Waals surface area (Å²) in [6, 6.07) is 3.26. The van der Waals surface area contributed by atoms with Crippen LogP contribution in [0.4, 0.5) is 0 Å². The lowest BCUT2D eigenvalue weighted by atomic mass is 10.0. The van der Waals surface area contributed by atoms with Crippen LogP contribution in [0.25, 0.3) is 0 Å². The summed E-state index contributed by atoms with van der Waals surface area (Å²) in [5.74, 6) is -3.50. The highest BCUT2D eigenvalue weighted by molar-refractivity contribution is 6.03. The predicted octanol–water partition coefficient (Wildman–Crippen LogP) is 1.46. The molecular formula is C12H11O6. The first-order valence-corrected chi connectivity index (χ1v) is 5.04. The van der Waals surface area contributed by atoms with E-state index in [1.165, 1.54) is 6.07 Å². The number of benzene rings is 1. The van der Waals surface area contributed by atoms with E-state index in [4.69, 9.17) is 14.9 Å². The number of aromatic carboxylic acids is 2. The number of ether oxygens (including phenoxy) is 1. The fraction of sp³-hybridized carbons (Fsp3) is 0.167. The second-order valence-corrected chi connectivity index (χ2v) is 3.36. The van der Waals surface area contributed by atoms with Gasteiger partial charge in [-0.05, 0) is 31.5 Å². The third kappa shape index (κ3) is 3.07. The topological polar surface area (TPSA) is 101 Å². The second-order valence-electron chi connectivity index (χ2n) is 3.36. The van der Waals surface area contributed by atoms with Crippen LogP contribution < -0.4 is 0 Å². The number of carboxylic acids is 2. The summed E-state index contributed by atoms with van der Waals surface area (Å²) in [4.78, 5) is 33.2. The molecule has 0 amide bonds. The zero-order valence-electron chi connectivity index (χ0n) is 9.38. The number of hydrogen-bond donors (Lipinski definition) is 2. The van der Waals surface area contributed by atoms with Crippen LogP contribution in [0.2, 0.25) is 0 Å². The van der Waals surface area contributed by atoms with Crippen molar-refractivity contribution in [1.29, 1.82) is 0 Å². The Kier molecular flexibility index (Phi) is 4.42. The fourth-order valence-electron chi connectivity index (χ4n) is 1.28. The largest absolute Gasteiger partial charge is 0.478 e. The maximum atomic E-state index is 11.5.